The van der Waals surface area contributed by atoms with Crippen LogP contribution in [0.25, 0.3) is 0 Å². The Kier molecular flexibility index (Phi) is 4.62. The third kappa shape index (κ3) is 3.31. The molecule has 1 saturated carbocycles. The Morgan fingerprint density at radius 1 is 1.17 bits per heavy atom. The molecule has 0 amide bonds. The lowest BCUT2D eigenvalue weighted by Crippen LogP contribution is -2.58. The van der Waals surface area contributed by atoms with Gasteiger partial charge in [0.2, 0.25) is 11.9 Å². The van der Waals surface area contributed by atoms with Gasteiger partial charge in [-0.2, -0.15) is 13.8 Å². The molecule has 24 heavy (non-hydrogen) atoms. The zero-order chi connectivity index (χ0) is 17.3. The quantitative estimate of drug-likeness (QED) is 0.813. The minimum Gasteiger partial charge on any atom is -0.435 e. The predicted molar refractivity (Wildman–Crippen MR) is 92.3 cm³/mol. The van der Waals surface area contributed by atoms with Gasteiger partial charge in [-0.05, 0) is 37.8 Å². The van der Waals surface area contributed by atoms with Crippen LogP contribution in [-0.2, 0) is 0 Å². The van der Waals surface area contributed by atoms with E-state index in [1.165, 1.54) is 12.1 Å². The maximum absolute atomic E-state index is 12.6. The third-order valence-electron chi connectivity index (χ3n) is 4.19. The smallest absolute Gasteiger partial charge is 0.387 e. The van der Waals surface area contributed by atoms with Crippen molar-refractivity contribution in [3.63, 3.8) is 0 Å². The van der Waals surface area contributed by atoms with Gasteiger partial charge in [-0.15, -0.1) is 0 Å². The molecule has 4 N–H and O–H groups in total. The van der Waals surface area contributed by atoms with Crippen molar-refractivity contribution in [2.24, 2.45) is 21.5 Å². The molecule has 1 aliphatic carbocycles. The molecule has 0 bridgehead atoms. The summed E-state index contributed by atoms with van der Waals surface area (Å²) in [6.07, 6.45) is 4.60. The molecule has 0 aromatic heterocycles. The Balaban J connectivity index is 2.05. The van der Waals surface area contributed by atoms with Crippen molar-refractivity contribution in [2.45, 2.75) is 44.4 Å². The number of alkyl halides is 2. The van der Waals surface area contributed by atoms with E-state index in [0.29, 0.717) is 10.2 Å². The Hall–Kier alpha value is -1.90. The number of aliphatic imine (C=N–C) groups is 2. The molecule has 9 heteroatoms. The standard InChI is InChI=1S/C15H18BrF2N5O/c16-9-6-10(8-11(7-9)24-12(17)18)23-14(20)21-13(19)22-15(23)4-2-1-3-5-15/h6-8,12H,1-5H2,(H4,19,20,21,22). The van der Waals surface area contributed by atoms with E-state index in [4.69, 9.17) is 11.5 Å². The Morgan fingerprint density at radius 2 is 1.88 bits per heavy atom. The number of benzene rings is 1. The summed E-state index contributed by atoms with van der Waals surface area (Å²) >= 11 is 3.32. The molecular weight excluding hydrogens is 384 g/mol. The van der Waals surface area contributed by atoms with Crippen LogP contribution in [0.15, 0.2) is 32.7 Å². The molecular formula is C15H18BrF2N5O. The molecule has 0 radical (unpaired) electrons. The Labute approximate surface area is 146 Å². The van der Waals surface area contributed by atoms with Gasteiger partial charge in [-0.3, -0.25) is 4.90 Å². The second-order valence-corrected chi connectivity index (χ2v) is 6.76. The Bertz CT molecular complexity index is 688. The second-order valence-electron chi connectivity index (χ2n) is 5.84. The van der Waals surface area contributed by atoms with Gasteiger partial charge in [-0.1, -0.05) is 22.4 Å². The van der Waals surface area contributed by atoms with E-state index in [0.717, 1.165) is 32.1 Å². The zero-order valence-electron chi connectivity index (χ0n) is 12.9. The van der Waals surface area contributed by atoms with E-state index in [2.05, 4.69) is 30.7 Å². The molecule has 0 atom stereocenters. The summed E-state index contributed by atoms with van der Waals surface area (Å²) in [5, 5.41) is 0. The van der Waals surface area contributed by atoms with E-state index in [1.54, 1.807) is 11.0 Å². The minimum atomic E-state index is -2.91. The van der Waals surface area contributed by atoms with Crippen LogP contribution in [0.5, 0.6) is 5.75 Å². The number of hydrogen-bond donors (Lipinski definition) is 2. The van der Waals surface area contributed by atoms with Crippen molar-refractivity contribution in [3.8, 4) is 5.75 Å². The number of halogens is 3. The van der Waals surface area contributed by atoms with Crippen LogP contribution in [-0.4, -0.2) is 24.2 Å². The van der Waals surface area contributed by atoms with Gasteiger partial charge >= 0.3 is 6.61 Å². The number of guanidine groups is 2. The van der Waals surface area contributed by atoms with Crippen molar-refractivity contribution < 1.29 is 13.5 Å². The normalized spacial score (nSPS) is 20.1. The summed E-state index contributed by atoms with van der Waals surface area (Å²) in [4.78, 5) is 10.4. The fraction of sp³-hybridized carbons (Fsp3) is 0.467. The van der Waals surface area contributed by atoms with Crippen LogP contribution in [0.3, 0.4) is 0 Å². The van der Waals surface area contributed by atoms with Crippen molar-refractivity contribution >= 4 is 33.5 Å². The monoisotopic (exact) mass is 401 g/mol. The number of hydrogen-bond acceptors (Lipinski definition) is 6. The SMILES string of the molecule is NC1=NC2(CCCCC2)N(c2cc(Br)cc(OC(F)F)c2)C(N)=N1. The first kappa shape index (κ1) is 16.9. The number of rotatable bonds is 3. The lowest BCUT2D eigenvalue weighted by Gasteiger charge is -2.45. The van der Waals surface area contributed by atoms with Crippen LogP contribution in [0, 0.1) is 0 Å². The molecule has 130 valence electrons. The third-order valence-corrected chi connectivity index (χ3v) is 4.65. The highest BCUT2D eigenvalue weighted by Crippen LogP contribution is 2.41. The highest BCUT2D eigenvalue weighted by Gasteiger charge is 2.42. The molecule has 1 fully saturated rings. The molecule has 1 spiro atoms. The van der Waals surface area contributed by atoms with E-state index < -0.39 is 12.3 Å². The van der Waals surface area contributed by atoms with Crippen LogP contribution < -0.4 is 21.1 Å². The van der Waals surface area contributed by atoms with Crippen molar-refractivity contribution in [3.05, 3.63) is 22.7 Å². The molecule has 1 aromatic carbocycles. The largest absolute Gasteiger partial charge is 0.435 e. The maximum Gasteiger partial charge on any atom is 0.387 e. The van der Waals surface area contributed by atoms with Crippen LogP contribution >= 0.6 is 15.9 Å². The van der Waals surface area contributed by atoms with Gasteiger partial charge in [0.15, 0.2) is 0 Å². The van der Waals surface area contributed by atoms with E-state index in [1.807, 2.05) is 0 Å². The second kappa shape index (κ2) is 6.54. The molecule has 1 aromatic rings. The fourth-order valence-corrected chi connectivity index (χ4v) is 3.80. The summed E-state index contributed by atoms with van der Waals surface area (Å²) in [6, 6.07) is 4.75. The van der Waals surface area contributed by atoms with Gasteiger partial charge < -0.3 is 16.2 Å². The lowest BCUT2D eigenvalue weighted by molar-refractivity contribution is -0.0498. The highest BCUT2D eigenvalue weighted by atomic mass is 79.9. The van der Waals surface area contributed by atoms with Gasteiger partial charge in [0.05, 0.1) is 5.69 Å². The van der Waals surface area contributed by atoms with E-state index in [9.17, 15) is 8.78 Å². The summed E-state index contributed by atoms with van der Waals surface area (Å²) in [7, 11) is 0. The van der Waals surface area contributed by atoms with Crippen LogP contribution in [0.4, 0.5) is 14.5 Å². The summed E-state index contributed by atoms with van der Waals surface area (Å²) in [6.45, 7) is -2.91. The van der Waals surface area contributed by atoms with Crippen LogP contribution in [0.1, 0.15) is 32.1 Å². The highest BCUT2D eigenvalue weighted by molar-refractivity contribution is 9.10. The average molecular weight is 402 g/mol. The van der Waals surface area contributed by atoms with Crippen molar-refractivity contribution in [1.29, 1.82) is 0 Å². The lowest BCUT2D eigenvalue weighted by atomic mass is 9.87. The molecule has 6 nitrogen and oxygen atoms in total. The maximum atomic E-state index is 12.6. The number of nitrogens with two attached hydrogens (primary N) is 2. The van der Waals surface area contributed by atoms with Gasteiger partial charge in [0.1, 0.15) is 11.4 Å². The zero-order valence-corrected chi connectivity index (χ0v) is 14.5. The van der Waals surface area contributed by atoms with Gasteiger partial charge in [-0.25, -0.2) is 4.99 Å². The molecule has 3 rings (SSSR count). The van der Waals surface area contributed by atoms with Crippen LogP contribution in [0.2, 0.25) is 0 Å². The molecule has 1 aliphatic heterocycles. The van der Waals surface area contributed by atoms with Gasteiger partial charge in [0.25, 0.3) is 0 Å². The summed E-state index contributed by atoms with van der Waals surface area (Å²) in [5.74, 6) is 0.380. The number of nitrogens with zero attached hydrogens (tertiary/aromatic N) is 3. The minimum absolute atomic E-state index is 0.0376. The van der Waals surface area contributed by atoms with E-state index >= 15 is 0 Å². The molecule has 1 heterocycles. The Morgan fingerprint density at radius 3 is 2.54 bits per heavy atom. The summed E-state index contributed by atoms with van der Waals surface area (Å²) in [5.41, 5.74) is 11.9. The molecule has 2 aliphatic rings. The van der Waals surface area contributed by atoms with Crippen molar-refractivity contribution in [1.82, 2.24) is 0 Å². The molecule has 0 saturated heterocycles. The first-order valence-corrected chi connectivity index (χ1v) is 8.44. The van der Waals surface area contributed by atoms with E-state index in [-0.39, 0.29) is 17.7 Å². The topological polar surface area (TPSA) is 89.2 Å². The number of ether oxygens (including phenoxy) is 1. The molecule has 0 unspecified atom stereocenters. The fourth-order valence-electron chi connectivity index (χ4n) is 3.34. The first-order valence-electron chi connectivity index (χ1n) is 7.65. The predicted octanol–water partition coefficient (Wildman–Crippen LogP) is 3.16. The van der Waals surface area contributed by atoms with Crippen molar-refractivity contribution in [2.75, 3.05) is 4.90 Å². The van der Waals surface area contributed by atoms with Gasteiger partial charge in [0, 0.05) is 10.5 Å². The average Bonchev–Trinajstić information content (AvgIpc) is 2.45. The number of anilines is 1. The first-order chi connectivity index (χ1) is 11.4. The summed E-state index contributed by atoms with van der Waals surface area (Å²) < 4.78 is 30.3.